The van der Waals surface area contributed by atoms with Crippen LogP contribution in [0.25, 0.3) is 0 Å². The van der Waals surface area contributed by atoms with Crippen molar-refractivity contribution in [2.24, 2.45) is 0 Å². The van der Waals surface area contributed by atoms with E-state index in [0.29, 0.717) is 11.7 Å². The number of nitrogens with one attached hydrogen (secondary N) is 1. The first kappa shape index (κ1) is 13.8. The molecule has 4 nitrogen and oxygen atoms in total. The number of nitrogens with zero attached hydrogens (tertiary/aromatic N) is 1. The zero-order valence-electron chi connectivity index (χ0n) is 11.2. The topological polar surface area (TPSA) is 52.6 Å². The maximum absolute atomic E-state index is 13.7. The van der Waals surface area contributed by atoms with E-state index < -0.39 is 11.9 Å². The second-order valence-corrected chi connectivity index (χ2v) is 5.05. The summed E-state index contributed by atoms with van der Waals surface area (Å²) in [5, 5.41) is 12.5. The third-order valence-corrected chi connectivity index (χ3v) is 3.18. The molecule has 0 spiro atoms. The number of aliphatic hydroxyl groups is 1. The van der Waals surface area contributed by atoms with Gasteiger partial charge in [0.1, 0.15) is 5.82 Å². The van der Waals surface area contributed by atoms with Crippen LogP contribution in [0.1, 0.15) is 31.4 Å². The molecule has 0 aromatic heterocycles. The van der Waals surface area contributed by atoms with E-state index in [1.807, 2.05) is 0 Å². The second-order valence-electron chi connectivity index (χ2n) is 5.05. The van der Waals surface area contributed by atoms with Crippen molar-refractivity contribution in [3.8, 4) is 0 Å². The Bertz CT molecular complexity index is 473. The van der Waals surface area contributed by atoms with E-state index in [-0.39, 0.29) is 18.0 Å². The van der Waals surface area contributed by atoms with Gasteiger partial charge in [0.05, 0.1) is 12.6 Å². The molecular weight excluding hydrogens is 247 g/mol. The third kappa shape index (κ3) is 3.44. The van der Waals surface area contributed by atoms with Crippen LogP contribution in [0.5, 0.6) is 0 Å². The standard InChI is InChI=1S/C14H19FN2O2/c1-9(18)14-11(15)4-3-5-12(14)17(2)8-13(19)16-10-6-7-10/h3-5,9-10,18H,6-8H2,1-2H3,(H,16,19)/t9-/m0/s1. The van der Waals surface area contributed by atoms with Crippen LogP contribution in [0.3, 0.4) is 0 Å². The molecule has 19 heavy (non-hydrogen) atoms. The highest BCUT2D eigenvalue weighted by atomic mass is 19.1. The first-order valence-electron chi connectivity index (χ1n) is 6.46. The van der Waals surface area contributed by atoms with Crippen LogP contribution >= 0.6 is 0 Å². The summed E-state index contributed by atoms with van der Waals surface area (Å²) in [5.41, 5.74) is 0.769. The molecule has 1 atom stereocenters. The number of benzene rings is 1. The predicted octanol–water partition coefficient (Wildman–Crippen LogP) is 1.59. The Balaban J connectivity index is 2.11. The second kappa shape index (κ2) is 5.57. The summed E-state index contributed by atoms with van der Waals surface area (Å²) in [4.78, 5) is 13.4. The number of anilines is 1. The number of aliphatic hydroxyl groups excluding tert-OH is 1. The normalized spacial score (nSPS) is 16.0. The first-order chi connectivity index (χ1) is 8.99. The van der Waals surface area contributed by atoms with Gasteiger partial charge < -0.3 is 15.3 Å². The van der Waals surface area contributed by atoms with Crippen molar-refractivity contribution in [1.29, 1.82) is 0 Å². The molecule has 2 N–H and O–H groups in total. The lowest BCUT2D eigenvalue weighted by atomic mass is 10.1. The van der Waals surface area contributed by atoms with Gasteiger partial charge >= 0.3 is 0 Å². The van der Waals surface area contributed by atoms with Crippen molar-refractivity contribution in [1.82, 2.24) is 5.32 Å². The number of hydrogen-bond acceptors (Lipinski definition) is 3. The first-order valence-corrected chi connectivity index (χ1v) is 6.46. The average Bonchev–Trinajstić information content (AvgIpc) is 3.11. The molecule has 104 valence electrons. The van der Waals surface area contributed by atoms with Gasteiger partial charge in [-0.05, 0) is 31.9 Å². The highest BCUT2D eigenvalue weighted by Crippen LogP contribution is 2.28. The lowest BCUT2D eigenvalue weighted by molar-refractivity contribution is -0.119. The molecule has 1 aliphatic rings. The van der Waals surface area contributed by atoms with Crippen LogP contribution < -0.4 is 10.2 Å². The molecule has 1 aromatic carbocycles. The zero-order valence-corrected chi connectivity index (χ0v) is 11.2. The van der Waals surface area contributed by atoms with Gasteiger partial charge in [0.25, 0.3) is 0 Å². The summed E-state index contributed by atoms with van der Waals surface area (Å²) in [6.45, 7) is 1.67. The van der Waals surface area contributed by atoms with E-state index in [4.69, 9.17) is 0 Å². The summed E-state index contributed by atoms with van der Waals surface area (Å²) in [6, 6.07) is 4.90. The number of hydrogen-bond donors (Lipinski definition) is 2. The smallest absolute Gasteiger partial charge is 0.239 e. The minimum atomic E-state index is -0.912. The molecule has 0 radical (unpaired) electrons. The molecule has 1 fully saturated rings. The van der Waals surface area contributed by atoms with Crippen molar-refractivity contribution in [2.75, 3.05) is 18.5 Å². The largest absolute Gasteiger partial charge is 0.389 e. The van der Waals surface area contributed by atoms with Gasteiger partial charge in [0, 0.05) is 24.3 Å². The summed E-state index contributed by atoms with van der Waals surface area (Å²) >= 11 is 0. The van der Waals surface area contributed by atoms with Gasteiger partial charge in [0.15, 0.2) is 0 Å². The van der Waals surface area contributed by atoms with Crippen molar-refractivity contribution in [3.63, 3.8) is 0 Å². The number of carbonyl (C=O) groups excluding carboxylic acids is 1. The van der Waals surface area contributed by atoms with Crippen molar-refractivity contribution in [2.45, 2.75) is 31.9 Å². The predicted molar refractivity (Wildman–Crippen MR) is 71.5 cm³/mol. The van der Waals surface area contributed by atoms with Gasteiger partial charge in [-0.15, -0.1) is 0 Å². The van der Waals surface area contributed by atoms with Crippen LogP contribution in [0.2, 0.25) is 0 Å². The van der Waals surface area contributed by atoms with Crippen LogP contribution in [0.4, 0.5) is 10.1 Å². The summed E-state index contributed by atoms with van der Waals surface area (Å²) in [6.07, 6.45) is 1.16. The number of likely N-dealkylation sites (N-methyl/N-ethyl adjacent to an activating group) is 1. The number of rotatable bonds is 5. The Morgan fingerprint density at radius 1 is 1.58 bits per heavy atom. The van der Waals surface area contributed by atoms with Gasteiger partial charge in [-0.25, -0.2) is 4.39 Å². The van der Waals surface area contributed by atoms with Crippen LogP contribution in [0, 0.1) is 5.82 Å². The molecule has 0 heterocycles. The Labute approximate surface area is 112 Å². The van der Waals surface area contributed by atoms with E-state index in [1.54, 1.807) is 24.1 Å². The van der Waals surface area contributed by atoms with E-state index in [0.717, 1.165) is 12.8 Å². The molecule has 0 unspecified atom stereocenters. The van der Waals surface area contributed by atoms with Gasteiger partial charge in [-0.2, -0.15) is 0 Å². The summed E-state index contributed by atoms with van der Waals surface area (Å²) in [5.74, 6) is -0.534. The molecule has 2 rings (SSSR count). The third-order valence-electron chi connectivity index (χ3n) is 3.18. The number of amides is 1. The van der Waals surface area contributed by atoms with Crippen molar-refractivity contribution < 1.29 is 14.3 Å². The molecule has 0 bridgehead atoms. The van der Waals surface area contributed by atoms with Gasteiger partial charge in [0.2, 0.25) is 5.91 Å². The zero-order chi connectivity index (χ0) is 14.0. The molecular formula is C14H19FN2O2. The van der Waals surface area contributed by atoms with Crippen LogP contribution in [0.15, 0.2) is 18.2 Å². The summed E-state index contributed by atoms with van der Waals surface area (Å²) in [7, 11) is 1.72. The van der Waals surface area contributed by atoms with Crippen LogP contribution in [-0.2, 0) is 4.79 Å². The fraction of sp³-hybridized carbons (Fsp3) is 0.500. The SMILES string of the molecule is C[C@H](O)c1c(F)cccc1N(C)CC(=O)NC1CC1. The van der Waals surface area contributed by atoms with Gasteiger partial charge in [-0.3, -0.25) is 4.79 Å². The van der Waals surface area contributed by atoms with E-state index in [2.05, 4.69) is 5.32 Å². The van der Waals surface area contributed by atoms with E-state index in [9.17, 15) is 14.3 Å². The lowest BCUT2D eigenvalue weighted by Gasteiger charge is -2.23. The maximum Gasteiger partial charge on any atom is 0.239 e. The fourth-order valence-electron chi connectivity index (χ4n) is 2.07. The maximum atomic E-state index is 13.7. The molecule has 0 saturated heterocycles. The Morgan fingerprint density at radius 2 is 2.26 bits per heavy atom. The Morgan fingerprint density at radius 3 is 2.84 bits per heavy atom. The van der Waals surface area contributed by atoms with Crippen molar-refractivity contribution >= 4 is 11.6 Å². The quantitative estimate of drug-likeness (QED) is 0.851. The molecule has 1 saturated carbocycles. The lowest BCUT2D eigenvalue weighted by Crippen LogP contribution is -2.36. The highest BCUT2D eigenvalue weighted by Gasteiger charge is 2.24. The highest BCUT2D eigenvalue weighted by molar-refractivity contribution is 5.82. The Kier molecular flexibility index (Phi) is 4.04. The van der Waals surface area contributed by atoms with E-state index >= 15 is 0 Å². The molecule has 5 heteroatoms. The molecule has 1 aliphatic carbocycles. The number of halogens is 1. The molecule has 1 amide bonds. The number of carbonyl (C=O) groups is 1. The molecule has 1 aromatic rings. The average molecular weight is 266 g/mol. The van der Waals surface area contributed by atoms with E-state index in [1.165, 1.54) is 13.0 Å². The van der Waals surface area contributed by atoms with Crippen LogP contribution in [-0.4, -0.2) is 30.6 Å². The minimum absolute atomic E-state index is 0.0780. The Hall–Kier alpha value is -1.62. The van der Waals surface area contributed by atoms with Crippen molar-refractivity contribution in [3.05, 3.63) is 29.6 Å². The fourth-order valence-corrected chi connectivity index (χ4v) is 2.07. The monoisotopic (exact) mass is 266 g/mol. The minimum Gasteiger partial charge on any atom is -0.389 e. The summed E-state index contributed by atoms with van der Waals surface area (Å²) < 4.78 is 13.7. The molecule has 0 aliphatic heterocycles. The van der Waals surface area contributed by atoms with Gasteiger partial charge in [-0.1, -0.05) is 6.07 Å².